The number of pyridine rings is 2. The molecule has 2 amide bonds. The monoisotopic (exact) mass is 688 g/mol. The van der Waals surface area contributed by atoms with Gasteiger partial charge in [-0.15, -0.1) is 0 Å². The van der Waals surface area contributed by atoms with E-state index in [1.807, 2.05) is 54.6 Å². The highest BCUT2D eigenvalue weighted by atomic mass is 35.5. The Hall–Kier alpha value is -4.22. The standard InChI is InChI=1S/C36H38Cl2N6O4/c1-47-30-16-21(6-7-22(30)17-39-19-24-9-12-31(45)42-24)35-34(38)27(14-15-41-35)26-4-3-5-28(33(26)37)29-11-8-23(36(44-29)48-2)18-40-20-25-10-13-32(46)43-25/h3-8,11,14-16,24-25,39-40H,9-10,12-13,17-20H2,1-2H3,(H,42,45)(H,43,46)/t24-,25-/m0/s1. The molecule has 0 bridgehead atoms. The van der Waals surface area contributed by atoms with Crippen LogP contribution in [-0.2, 0) is 22.7 Å². The average molecular weight is 690 g/mol. The van der Waals surface area contributed by atoms with Crippen LogP contribution in [0.5, 0.6) is 11.6 Å². The van der Waals surface area contributed by atoms with Gasteiger partial charge >= 0.3 is 0 Å². The van der Waals surface area contributed by atoms with Crippen LogP contribution in [0.1, 0.15) is 36.8 Å². The van der Waals surface area contributed by atoms with Gasteiger partial charge in [-0.05, 0) is 31.0 Å². The van der Waals surface area contributed by atoms with Gasteiger partial charge in [-0.3, -0.25) is 14.6 Å². The smallest absolute Gasteiger partial charge is 0.220 e. The minimum absolute atomic E-state index is 0.0979. The van der Waals surface area contributed by atoms with Gasteiger partial charge in [0.15, 0.2) is 0 Å². The van der Waals surface area contributed by atoms with Gasteiger partial charge in [0.2, 0.25) is 17.7 Å². The quantitative estimate of drug-likeness (QED) is 0.144. The van der Waals surface area contributed by atoms with Crippen molar-refractivity contribution in [3.05, 3.63) is 82.0 Å². The van der Waals surface area contributed by atoms with E-state index in [2.05, 4.69) is 26.3 Å². The largest absolute Gasteiger partial charge is 0.496 e. The fraction of sp³-hybridized carbons (Fsp3) is 0.333. The SMILES string of the molecule is COc1cc(-c2nccc(-c3cccc(-c4ccc(CNC[C@@H]5CCC(=O)N5)c(OC)n4)c3Cl)c2Cl)ccc1CNC[C@@H]1CCC(=O)N1. The highest BCUT2D eigenvalue weighted by Gasteiger charge is 2.22. The third-order valence-corrected chi connectivity index (χ3v) is 9.52. The highest BCUT2D eigenvalue weighted by molar-refractivity contribution is 6.39. The Balaban J connectivity index is 1.20. The van der Waals surface area contributed by atoms with Gasteiger partial charge in [-0.25, -0.2) is 4.98 Å². The Bertz CT molecular complexity index is 1690. The number of benzene rings is 2. The lowest BCUT2D eigenvalue weighted by Crippen LogP contribution is -2.35. The molecule has 2 aromatic heterocycles. The molecule has 2 fully saturated rings. The fourth-order valence-electron chi connectivity index (χ4n) is 6.18. The summed E-state index contributed by atoms with van der Waals surface area (Å²) in [7, 11) is 3.23. The summed E-state index contributed by atoms with van der Waals surface area (Å²) >= 11 is 14.1. The van der Waals surface area contributed by atoms with Crippen LogP contribution in [0.3, 0.4) is 0 Å². The molecule has 2 aliphatic heterocycles. The molecule has 0 aliphatic carbocycles. The number of hydrogen-bond acceptors (Lipinski definition) is 8. The first kappa shape index (κ1) is 33.7. The topological polar surface area (TPSA) is 126 Å². The van der Waals surface area contributed by atoms with E-state index in [0.717, 1.165) is 46.2 Å². The molecule has 10 nitrogen and oxygen atoms in total. The maximum atomic E-state index is 11.5. The molecule has 0 spiro atoms. The zero-order valence-corrected chi connectivity index (χ0v) is 28.4. The second-order valence-electron chi connectivity index (χ2n) is 11.9. The molecular formula is C36H38Cl2N6O4. The first-order valence-electron chi connectivity index (χ1n) is 16.0. The van der Waals surface area contributed by atoms with Gasteiger partial charge in [0.25, 0.3) is 0 Å². The first-order valence-corrected chi connectivity index (χ1v) is 16.7. The molecule has 2 atom stereocenters. The first-order chi connectivity index (χ1) is 23.3. The second-order valence-corrected chi connectivity index (χ2v) is 12.7. The number of aromatic nitrogens is 2. The average Bonchev–Trinajstić information content (AvgIpc) is 3.72. The van der Waals surface area contributed by atoms with Crippen molar-refractivity contribution in [2.24, 2.45) is 0 Å². The molecule has 4 aromatic rings. The lowest BCUT2D eigenvalue weighted by atomic mass is 9.99. The van der Waals surface area contributed by atoms with Crippen LogP contribution in [0.15, 0.2) is 60.8 Å². The summed E-state index contributed by atoms with van der Waals surface area (Å²) in [5.41, 5.74) is 6.20. The second kappa shape index (κ2) is 15.3. The van der Waals surface area contributed by atoms with Gasteiger partial charge < -0.3 is 30.7 Å². The lowest BCUT2D eigenvalue weighted by Gasteiger charge is -2.16. The van der Waals surface area contributed by atoms with E-state index in [1.54, 1.807) is 20.4 Å². The Morgan fingerprint density at radius 1 is 0.792 bits per heavy atom. The Kier molecular flexibility index (Phi) is 10.8. The third kappa shape index (κ3) is 7.57. The van der Waals surface area contributed by atoms with Gasteiger partial charge in [-0.1, -0.05) is 59.6 Å². The third-order valence-electron chi connectivity index (χ3n) is 8.73. The number of nitrogens with zero attached hydrogens (tertiary/aromatic N) is 2. The molecule has 2 saturated heterocycles. The zero-order valence-electron chi connectivity index (χ0n) is 26.9. The molecule has 12 heteroatoms. The number of amides is 2. The molecule has 0 saturated carbocycles. The predicted molar refractivity (Wildman–Crippen MR) is 187 cm³/mol. The van der Waals surface area contributed by atoms with Crippen molar-refractivity contribution in [2.45, 2.75) is 50.9 Å². The normalized spacial score (nSPS) is 17.3. The Morgan fingerprint density at radius 3 is 2.08 bits per heavy atom. The molecule has 4 heterocycles. The number of methoxy groups -OCH3 is 2. The van der Waals surface area contributed by atoms with Crippen molar-refractivity contribution in [3.63, 3.8) is 0 Å². The van der Waals surface area contributed by atoms with Crippen LogP contribution >= 0.6 is 23.2 Å². The fourth-order valence-corrected chi connectivity index (χ4v) is 6.83. The summed E-state index contributed by atoms with van der Waals surface area (Å²) in [6.07, 6.45) is 4.54. The number of carbonyl (C=O) groups excluding carboxylic acids is 2. The summed E-state index contributed by atoms with van der Waals surface area (Å²) in [5.74, 6) is 1.41. The van der Waals surface area contributed by atoms with Crippen LogP contribution in [0.25, 0.3) is 33.6 Å². The summed E-state index contributed by atoms with van der Waals surface area (Å²) in [4.78, 5) is 32.4. The lowest BCUT2D eigenvalue weighted by molar-refractivity contribution is -0.120. The van der Waals surface area contributed by atoms with E-state index in [4.69, 9.17) is 37.7 Å². The molecule has 2 aliphatic rings. The van der Waals surface area contributed by atoms with Crippen molar-refractivity contribution in [1.29, 1.82) is 0 Å². The molecule has 6 rings (SSSR count). The number of hydrogen-bond donors (Lipinski definition) is 4. The van der Waals surface area contributed by atoms with E-state index in [9.17, 15) is 9.59 Å². The number of nitrogens with one attached hydrogen (secondary N) is 4. The van der Waals surface area contributed by atoms with Crippen LogP contribution in [0, 0.1) is 0 Å². The molecule has 4 N–H and O–H groups in total. The zero-order chi connectivity index (χ0) is 33.6. The summed E-state index contributed by atoms with van der Waals surface area (Å²) in [5, 5.41) is 13.7. The van der Waals surface area contributed by atoms with Crippen LogP contribution in [0.2, 0.25) is 10.0 Å². The van der Waals surface area contributed by atoms with E-state index >= 15 is 0 Å². The van der Waals surface area contributed by atoms with Crippen molar-refractivity contribution >= 4 is 35.0 Å². The van der Waals surface area contributed by atoms with Crippen molar-refractivity contribution in [2.75, 3.05) is 27.3 Å². The summed E-state index contributed by atoms with van der Waals surface area (Å²) < 4.78 is 11.4. The number of carbonyl (C=O) groups is 2. The van der Waals surface area contributed by atoms with E-state index in [-0.39, 0.29) is 23.9 Å². The molecular weight excluding hydrogens is 651 g/mol. The van der Waals surface area contributed by atoms with Gasteiger partial charge in [0, 0.05) is 90.7 Å². The number of ether oxygens (including phenoxy) is 2. The minimum Gasteiger partial charge on any atom is -0.496 e. The van der Waals surface area contributed by atoms with E-state index < -0.39 is 0 Å². The maximum absolute atomic E-state index is 11.5. The molecule has 0 radical (unpaired) electrons. The minimum atomic E-state index is 0.0979. The van der Waals surface area contributed by atoms with Crippen LogP contribution < -0.4 is 30.7 Å². The van der Waals surface area contributed by atoms with Crippen molar-refractivity contribution < 1.29 is 19.1 Å². The van der Waals surface area contributed by atoms with E-state index in [0.29, 0.717) is 72.1 Å². The van der Waals surface area contributed by atoms with Gasteiger partial charge in [0.1, 0.15) is 5.75 Å². The van der Waals surface area contributed by atoms with E-state index in [1.165, 1.54) is 0 Å². The maximum Gasteiger partial charge on any atom is 0.220 e. The Labute approximate surface area is 289 Å². The van der Waals surface area contributed by atoms with Crippen molar-refractivity contribution in [3.8, 4) is 45.3 Å². The molecule has 250 valence electrons. The van der Waals surface area contributed by atoms with Gasteiger partial charge in [0.05, 0.1) is 35.7 Å². The molecule has 0 unspecified atom stereocenters. The summed E-state index contributed by atoms with van der Waals surface area (Å²) in [6.45, 7) is 2.51. The Morgan fingerprint density at radius 2 is 1.44 bits per heavy atom. The number of halogens is 2. The highest BCUT2D eigenvalue weighted by Crippen LogP contribution is 2.42. The van der Waals surface area contributed by atoms with Crippen LogP contribution in [0.4, 0.5) is 0 Å². The van der Waals surface area contributed by atoms with Gasteiger partial charge in [-0.2, -0.15) is 0 Å². The predicted octanol–water partition coefficient (Wildman–Crippen LogP) is 5.54. The van der Waals surface area contributed by atoms with Crippen LogP contribution in [-0.4, -0.2) is 61.2 Å². The molecule has 2 aromatic carbocycles. The summed E-state index contributed by atoms with van der Waals surface area (Å²) in [6, 6.07) is 17.7. The van der Waals surface area contributed by atoms with Crippen molar-refractivity contribution in [1.82, 2.24) is 31.2 Å². The molecule has 48 heavy (non-hydrogen) atoms. The number of rotatable bonds is 13.